The number of halogens is 2. The number of amides is 1. The third kappa shape index (κ3) is 2.74. The van der Waals surface area contributed by atoms with E-state index >= 15 is 0 Å². The van der Waals surface area contributed by atoms with Gasteiger partial charge in [0.25, 0.3) is 5.91 Å². The van der Waals surface area contributed by atoms with Crippen molar-refractivity contribution in [1.82, 2.24) is 10.2 Å². The summed E-state index contributed by atoms with van der Waals surface area (Å²) in [7, 11) is 0. The van der Waals surface area contributed by atoms with Gasteiger partial charge in [-0.25, -0.2) is 4.39 Å². The van der Waals surface area contributed by atoms with Crippen LogP contribution in [0.3, 0.4) is 0 Å². The molecule has 1 amide bonds. The van der Waals surface area contributed by atoms with Crippen molar-refractivity contribution in [3.63, 3.8) is 0 Å². The number of fused-ring (bicyclic) bond motifs is 1. The Morgan fingerprint density at radius 2 is 2.05 bits per heavy atom. The van der Waals surface area contributed by atoms with Crippen LogP contribution in [-0.2, 0) is 6.54 Å². The summed E-state index contributed by atoms with van der Waals surface area (Å²) in [5.41, 5.74) is 1.11. The van der Waals surface area contributed by atoms with Gasteiger partial charge in [0.05, 0.1) is 0 Å². The van der Waals surface area contributed by atoms with Gasteiger partial charge in [0, 0.05) is 24.2 Å². The molecule has 104 valence electrons. The highest BCUT2D eigenvalue weighted by Crippen LogP contribution is 2.27. The molecule has 0 atom stereocenters. The Morgan fingerprint density at radius 1 is 1.32 bits per heavy atom. The van der Waals surface area contributed by atoms with E-state index < -0.39 is 0 Å². The summed E-state index contributed by atoms with van der Waals surface area (Å²) < 4.78 is 13.6. The molecule has 3 nitrogen and oxygen atoms in total. The van der Waals surface area contributed by atoms with Gasteiger partial charge in [-0.15, -0.1) is 12.4 Å². The van der Waals surface area contributed by atoms with Gasteiger partial charge < -0.3 is 10.2 Å². The second-order valence-corrected chi connectivity index (χ2v) is 5.15. The van der Waals surface area contributed by atoms with Gasteiger partial charge in [-0.1, -0.05) is 6.07 Å². The third-order valence-electron chi connectivity index (χ3n) is 3.92. The molecular formula is C14H18ClFN2O. The Balaban J connectivity index is 0.00000133. The Kier molecular flexibility index (Phi) is 4.42. The van der Waals surface area contributed by atoms with E-state index in [0.717, 1.165) is 32.5 Å². The molecule has 0 unspecified atom stereocenters. The normalized spacial score (nSPS) is 19.2. The van der Waals surface area contributed by atoms with Crippen LogP contribution >= 0.6 is 12.4 Å². The maximum absolute atomic E-state index is 13.6. The fourth-order valence-electron chi connectivity index (χ4n) is 2.88. The van der Waals surface area contributed by atoms with E-state index in [0.29, 0.717) is 23.6 Å². The minimum absolute atomic E-state index is 0. The van der Waals surface area contributed by atoms with Crippen molar-refractivity contribution in [3.05, 3.63) is 35.1 Å². The van der Waals surface area contributed by atoms with Crippen molar-refractivity contribution in [2.75, 3.05) is 19.6 Å². The molecule has 2 aliphatic rings. The molecule has 1 saturated heterocycles. The zero-order valence-electron chi connectivity index (χ0n) is 10.7. The van der Waals surface area contributed by atoms with Crippen LogP contribution in [-0.4, -0.2) is 30.4 Å². The lowest BCUT2D eigenvalue weighted by Gasteiger charge is -2.27. The van der Waals surface area contributed by atoms with E-state index in [-0.39, 0.29) is 24.1 Å². The molecule has 2 heterocycles. The number of piperidine rings is 1. The topological polar surface area (TPSA) is 32.3 Å². The lowest BCUT2D eigenvalue weighted by molar-refractivity contribution is 0.0740. The Bertz CT molecular complexity index is 475. The minimum Gasteiger partial charge on any atom is -0.334 e. The summed E-state index contributed by atoms with van der Waals surface area (Å²) in [6.07, 6.45) is 2.20. The lowest BCUT2D eigenvalue weighted by atomic mass is 9.98. The van der Waals surface area contributed by atoms with Crippen molar-refractivity contribution in [1.29, 1.82) is 0 Å². The Morgan fingerprint density at radius 3 is 2.74 bits per heavy atom. The molecule has 0 aliphatic carbocycles. The lowest BCUT2D eigenvalue weighted by Crippen LogP contribution is -2.36. The summed E-state index contributed by atoms with van der Waals surface area (Å²) in [5.74, 6) is 0.282. The van der Waals surface area contributed by atoms with Gasteiger partial charge in [-0.3, -0.25) is 4.79 Å². The monoisotopic (exact) mass is 284 g/mol. The number of nitrogens with one attached hydrogen (secondary N) is 1. The minimum atomic E-state index is -0.256. The standard InChI is InChI=1S/C14H17FN2O.ClH/c15-13-3-1-2-11-12(13)9-17(14(11)18)8-10-4-6-16-7-5-10;/h1-3,10,16H,4-9H2;1H. The van der Waals surface area contributed by atoms with Crippen molar-refractivity contribution >= 4 is 18.3 Å². The largest absolute Gasteiger partial charge is 0.334 e. The number of hydrogen-bond donors (Lipinski definition) is 1. The van der Waals surface area contributed by atoms with Gasteiger partial charge in [-0.05, 0) is 44.0 Å². The van der Waals surface area contributed by atoms with Crippen LogP contribution in [0.4, 0.5) is 4.39 Å². The number of benzene rings is 1. The molecule has 0 bridgehead atoms. The number of hydrogen-bond acceptors (Lipinski definition) is 2. The summed E-state index contributed by atoms with van der Waals surface area (Å²) in [6, 6.07) is 4.77. The molecule has 5 heteroatoms. The van der Waals surface area contributed by atoms with Gasteiger partial charge >= 0.3 is 0 Å². The molecule has 0 spiro atoms. The molecule has 2 aliphatic heterocycles. The molecule has 1 N–H and O–H groups in total. The van der Waals surface area contributed by atoms with Gasteiger partial charge in [0.1, 0.15) is 5.82 Å². The van der Waals surface area contributed by atoms with E-state index in [4.69, 9.17) is 0 Å². The van der Waals surface area contributed by atoms with Crippen LogP contribution in [0.2, 0.25) is 0 Å². The number of carbonyl (C=O) groups is 1. The smallest absolute Gasteiger partial charge is 0.254 e. The third-order valence-corrected chi connectivity index (χ3v) is 3.92. The molecule has 1 aromatic carbocycles. The predicted molar refractivity (Wildman–Crippen MR) is 74.0 cm³/mol. The van der Waals surface area contributed by atoms with Crippen LogP contribution < -0.4 is 5.32 Å². The first-order valence-corrected chi connectivity index (χ1v) is 6.53. The van der Waals surface area contributed by atoms with E-state index in [1.165, 1.54) is 6.07 Å². The summed E-state index contributed by atoms with van der Waals surface area (Å²) in [6.45, 7) is 3.24. The number of carbonyl (C=O) groups excluding carboxylic acids is 1. The van der Waals surface area contributed by atoms with Crippen molar-refractivity contribution < 1.29 is 9.18 Å². The van der Waals surface area contributed by atoms with Crippen molar-refractivity contribution in [2.45, 2.75) is 19.4 Å². The predicted octanol–water partition coefficient (Wildman–Crippen LogP) is 2.20. The van der Waals surface area contributed by atoms with Gasteiger partial charge in [0.15, 0.2) is 0 Å². The Hall–Kier alpha value is -1.13. The summed E-state index contributed by atoms with van der Waals surface area (Å²) in [5, 5.41) is 3.31. The number of nitrogens with zero attached hydrogens (tertiary/aromatic N) is 1. The first-order valence-electron chi connectivity index (χ1n) is 6.53. The zero-order valence-corrected chi connectivity index (χ0v) is 11.5. The molecule has 1 aromatic rings. The first-order chi connectivity index (χ1) is 8.75. The molecule has 0 saturated carbocycles. The SMILES string of the molecule is Cl.O=C1c2cccc(F)c2CN1CC1CCNCC1. The molecular weight excluding hydrogens is 267 g/mol. The van der Waals surface area contributed by atoms with E-state index in [1.807, 2.05) is 0 Å². The van der Waals surface area contributed by atoms with Crippen molar-refractivity contribution in [3.8, 4) is 0 Å². The van der Waals surface area contributed by atoms with Crippen molar-refractivity contribution in [2.24, 2.45) is 5.92 Å². The molecule has 0 radical (unpaired) electrons. The highest BCUT2D eigenvalue weighted by Gasteiger charge is 2.31. The fourth-order valence-corrected chi connectivity index (χ4v) is 2.88. The van der Waals surface area contributed by atoms with E-state index in [1.54, 1.807) is 17.0 Å². The average Bonchev–Trinajstić information content (AvgIpc) is 2.70. The quantitative estimate of drug-likeness (QED) is 0.903. The van der Waals surface area contributed by atoms with Crippen LogP contribution in [0.25, 0.3) is 0 Å². The van der Waals surface area contributed by atoms with Crippen LogP contribution in [0.15, 0.2) is 18.2 Å². The molecule has 0 aromatic heterocycles. The highest BCUT2D eigenvalue weighted by molar-refractivity contribution is 5.98. The van der Waals surface area contributed by atoms with E-state index in [9.17, 15) is 9.18 Å². The van der Waals surface area contributed by atoms with Crippen LogP contribution in [0.1, 0.15) is 28.8 Å². The Labute approximate surface area is 118 Å². The molecule has 19 heavy (non-hydrogen) atoms. The average molecular weight is 285 g/mol. The van der Waals surface area contributed by atoms with Crippen LogP contribution in [0.5, 0.6) is 0 Å². The van der Waals surface area contributed by atoms with Gasteiger partial charge in [0.2, 0.25) is 0 Å². The molecule has 1 fully saturated rings. The number of rotatable bonds is 2. The second kappa shape index (κ2) is 5.88. The second-order valence-electron chi connectivity index (χ2n) is 5.15. The summed E-state index contributed by atoms with van der Waals surface area (Å²) >= 11 is 0. The molecule has 3 rings (SSSR count). The maximum atomic E-state index is 13.6. The highest BCUT2D eigenvalue weighted by atomic mass is 35.5. The fraction of sp³-hybridized carbons (Fsp3) is 0.500. The summed E-state index contributed by atoms with van der Waals surface area (Å²) in [4.78, 5) is 14.0. The zero-order chi connectivity index (χ0) is 12.5. The van der Waals surface area contributed by atoms with Crippen LogP contribution in [0, 0.1) is 11.7 Å². The maximum Gasteiger partial charge on any atom is 0.254 e. The van der Waals surface area contributed by atoms with Gasteiger partial charge in [-0.2, -0.15) is 0 Å². The first kappa shape index (κ1) is 14.3. The van der Waals surface area contributed by atoms with E-state index in [2.05, 4.69) is 5.32 Å².